The molecule has 0 bridgehead atoms. The van der Waals surface area contributed by atoms with E-state index in [0.29, 0.717) is 41.8 Å². The van der Waals surface area contributed by atoms with Gasteiger partial charge in [-0.15, -0.1) is 0 Å². The Hall–Kier alpha value is -3.03. The number of halogens is 1. The van der Waals surface area contributed by atoms with Gasteiger partial charge in [-0.1, -0.05) is 35.6 Å². The molecule has 1 saturated heterocycles. The number of carbonyl (C=O) groups is 2. The summed E-state index contributed by atoms with van der Waals surface area (Å²) in [5.74, 6) is -0.904. The van der Waals surface area contributed by atoms with Gasteiger partial charge < -0.3 is 24.4 Å². The number of nitrogens with zero attached hydrogens (tertiary/aromatic N) is 1. The fraction of sp³-hybridized carbons (Fsp3) is 0.385. The summed E-state index contributed by atoms with van der Waals surface area (Å²) >= 11 is 6.23. The Morgan fingerprint density at radius 2 is 1.82 bits per heavy atom. The molecule has 1 amide bonds. The molecule has 2 aliphatic rings. The van der Waals surface area contributed by atoms with Crippen molar-refractivity contribution < 1.29 is 29.1 Å². The Labute approximate surface area is 204 Å². The van der Waals surface area contributed by atoms with Gasteiger partial charge in [0, 0.05) is 23.6 Å². The number of carbonyl (C=O) groups excluding carboxylic acids is 2. The van der Waals surface area contributed by atoms with E-state index in [-0.39, 0.29) is 11.1 Å². The van der Waals surface area contributed by atoms with E-state index in [4.69, 9.17) is 21.1 Å². The molecule has 34 heavy (non-hydrogen) atoms. The molecule has 1 N–H and O–H groups in total. The third-order valence-corrected chi connectivity index (χ3v) is 6.66. The first-order valence-electron chi connectivity index (χ1n) is 11.7. The number of Topliss-reactive ketones (excluding diaryl/α,β-unsaturated/α-hetero) is 1. The zero-order chi connectivity index (χ0) is 24.2. The summed E-state index contributed by atoms with van der Waals surface area (Å²) in [5.41, 5.74) is 0.865. The molecule has 0 radical (unpaired) electrons. The quantitative estimate of drug-likeness (QED) is 0.350. The summed E-state index contributed by atoms with van der Waals surface area (Å²) in [6, 6.07) is 11.0. The molecule has 4 rings (SSSR count). The Bertz CT molecular complexity index is 1110. The van der Waals surface area contributed by atoms with Crippen molar-refractivity contribution in [3.05, 3.63) is 64.2 Å². The van der Waals surface area contributed by atoms with Gasteiger partial charge in [0.05, 0.1) is 25.7 Å². The largest absolute Gasteiger partial charge is 0.872 e. The van der Waals surface area contributed by atoms with Gasteiger partial charge in [-0.3, -0.25) is 9.59 Å². The molecule has 0 saturated carbocycles. The zero-order valence-corrected chi connectivity index (χ0v) is 20.2. The highest BCUT2D eigenvalue weighted by atomic mass is 35.5. The molecule has 2 aromatic carbocycles. The predicted molar refractivity (Wildman–Crippen MR) is 127 cm³/mol. The second kappa shape index (κ2) is 10.5. The van der Waals surface area contributed by atoms with Crippen molar-refractivity contribution in [1.29, 1.82) is 0 Å². The van der Waals surface area contributed by atoms with E-state index in [1.165, 1.54) is 9.80 Å². The molecule has 1 fully saturated rings. The lowest BCUT2D eigenvalue weighted by Gasteiger charge is -2.28. The van der Waals surface area contributed by atoms with Gasteiger partial charge in [0.15, 0.2) is 11.5 Å². The van der Waals surface area contributed by atoms with Gasteiger partial charge in [-0.05, 0) is 49.2 Å². The molecule has 1 atom stereocenters. The van der Waals surface area contributed by atoms with Gasteiger partial charge in [-0.2, -0.15) is 0 Å². The fourth-order valence-corrected chi connectivity index (χ4v) is 4.77. The lowest BCUT2D eigenvalue weighted by Crippen LogP contribution is -3.11. The molecular formula is C26H29ClN2O5. The van der Waals surface area contributed by atoms with Crippen molar-refractivity contribution in [2.24, 2.45) is 0 Å². The van der Waals surface area contributed by atoms with E-state index in [1.807, 2.05) is 0 Å². The number of hydrogen-bond acceptors (Lipinski definition) is 5. The van der Waals surface area contributed by atoms with E-state index in [2.05, 4.69) is 13.8 Å². The SMILES string of the molecule is CC[NH+](CC)CCCN1C(=O)C(=O)C(=C([O-])c2ccc3c(c2)OCCO3)C1c1cccc(Cl)c1. The Balaban J connectivity index is 1.73. The van der Waals surface area contributed by atoms with E-state index < -0.39 is 23.5 Å². The lowest BCUT2D eigenvalue weighted by molar-refractivity contribution is -0.896. The standard InChI is InChI=1S/C26H29ClN2O5/c1-3-28(4-2)11-6-12-29-23(17-7-5-8-19(27)15-17)22(25(31)26(29)32)24(30)18-9-10-20-21(16-18)34-14-13-33-20/h5,7-10,15-16,23,30H,3-4,6,11-14H2,1-2H3. The molecular weight excluding hydrogens is 456 g/mol. The minimum Gasteiger partial charge on any atom is -0.872 e. The molecule has 0 aliphatic carbocycles. The normalized spacial score (nSPS) is 19.2. The monoisotopic (exact) mass is 484 g/mol. The van der Waals surface area contributed by atoms with Crippen LogP contribution < -0.4 is 19.5 Å². The highest BCUT2D eigenvalue weighted by Gasteiger charge is 2.44. The number of ketones is 1. The van der Waals surface area contributed by atoms with Crippen LogP contribution in [0.25, 0.3) is 5.76 Å². The molecule has 8 heteroatoms. The Morgan fingerprint density at radius 3 is 2.53 bits per heavy atom. The fourth-order valence-electron chi connectivity index (χ4n) is 4.57. The maximum absolute atomic E-state index is 13.6. The maximum atomic E-state index is 13.6. The van der Waals surface area contributed by atoms with Crippen LogP contribution in [0.5, 0.6) is 11.5 Å². The molecule has 2 heterocycles. The van der Waals surface area contributed by atoms with Crippen molar-refractivity contribution in [3.63, 3.8) is 0 Å². The van der Waals surface area contributed by atoms with Crippen LogP contribution in [0, 0.1) is 0 Å². The minimum atomic E-state index is -0.786. The summed E-state index contributed by atoms with van der Waals surface area (Å²) in [6.45, 7) is 8.29. The first-order chi connectivity index (χ1) is 16.4. The van der Waals surface area contributed by atoms with Crippen molar-refractivity contribution in [1.82, 2.24) is 4.90 Å². The van der Waals surface area contributed by atoms with Crippen LogP contribution in [0.2, 0.25) is 5.02 Å². The third kappa shape index (κ3) is 4.76. The molecule has 180 valence electrons. The Kier molecular flexibility index (Phi) is 7.44. The van der Waals surface area contributed by atoms with Crippen LogP contribution in [0.4, 0.5) is 0 Å². The number of nitrogens with one attached hydrogen (secondary N) is 1. The zero-order valence-electron chi connectivity index (χ0n) is 19.4. The molecule has 7 nitrogen and oxygen atoms in total. The van der Waals surface area contributed by atoms with Crippen LogP contribution >= 0.6 is 11.6 Å². The third-order valence-electron chi connectivity index (χ3n) is 6.43. The predicted octanol–water partition coefficient (Wildman–Crippen LogP) is 1.65. The number of ether oxygens (including phenoxy) is 2. The van der Waals surface area contributed by atoms with Gasteiger partial charge in [0.2, 0.25) is 5.78 Å². The number of quaternary nitrogens is 1. The number of amides is 1. The molecule has 2 aromatic rings. The average molecular weight is 485 g/mol. The molecule has 2 aliphatic heterocycles. The van der Waals surface area contributed by atoms with Gasteiger partial charge >= 0.3 is 0 Å². The number of hydrogen-bond donors (Lipinski definition) is 1. The van der Waals surface area contributed by atoms with Crippen molar-refractivity contribution in [3.8, 4) is 11.5 Å². The topological polar surface area (TPSA) is 83.3 Å². The molecule has 0 spiro atoms. The average Bonchev–Trinajstić information content (AvgIpc) is 3.11. The summed E-state index contributed by atoms with van der Waals surface area (Å²) in [6.07, 6.45) is 0.721. The van der Waals surface area contributed by atoms with E-state index in [0.717, 1.165) is 26.1 Å². The van der Waals surface area contributed by atoms with Crippen LogP contribution in [-0.2, 0) is 9.59 Å². The van der Waals surface area contributed by atoms with Crippen LogP contribution in [0.15, 0.2) is 48.0 Å². The van der Waals surface area contributed by atoms with Gasteiger partial charge in [0.25, 0.3) is 5.91 Å². The Morgan fingerprint density at radius 1 is 1.09 bits per heavy atom. The highest BCUT2D eigenvalue weighted by Crippen LogP contribution is 2.40. The van der Waals surface area contributed by atoms with E-state index in [1.54, 1.807) is 42.5 Å². The van der Waals surface area contributed by atoms with Crippen molar-refractivity contribution >= 4 is 29.1 Å². The second-order valence-corrected chi connectivity index (χ2v) is 8.88. The summed E-state index contributed by atoms with van der Waals surface area (Å²) < 4.78 is 11.1. The number of fused-ring (bicyclic) bond motifs is 1. The minimum absolute atomic E-state index is 0.0564. The van der Waals surface area contributed by atoms with Gasteiger partial charge in [-0.25, -0.2) is 0 Å². The van der Waals surface area contributed by atoms with Crippen LogP contribution in [-0.4, -0.2) is 56.0 Å². The lowest BCUT2D eigenvalue weighted by atomic mass is 9.95. The second-order valence-electron chi connectivity index (χ2n) is 8.45. The maximum Gasteiger partial charge on any atom is 0.295 e. The van der Waals surface area contributed by atoms with Crippen molar-refractivity contribution in [2.75, 3.05) is 39.4 Å². The number of likely N-dealkylation sites (tertiary alicyclic amines) is 1. The molecule has 1 unspecified atom stereocenters. The van der Waals surface area contributed by atoms with Gasteiger partial charge in [0.1, 0.15) is 13.2 Å². The number of rotatable bonds is 8. The molecule has 0 aromatic heterocycles. The first-order valence-corrected chi connectivity index (χ1v) is 12.1. The van der Waals surface area contributed by atoms with Crippen molar-refractivity contribution in [2.45, 2.75) is 26.3 Å². The smallest absolute Gasteiger partial charge is 0.295 e. The summed E-state index contributed by atoms with van der Waals surface area (Å²) in [5, 5.41) is 14.1. The highest BCUT2D eigenvalue weighted by molar-refractivity contribution is 6.46. The van der Waals surface area contributed by atoms with Crippen LogP contribution in [0.1, 0.15) is 37.4 Å². The van der Waals surface area contributed by atoms with E-state index >= 15 is 0 Å². The summed E-state index contributed by atoms with van der Waals surface area (Å²) in [4.78, 5) is 29.2. The van der Waals surface area contributed by atoms with E-state index in [9.17, 15) is 14.7 Å². The number of benzene rings is 2. The summed E-state index contributed by atoms with van der Waals surface area (Å²) in [7, 11) is 0. The first kappa shape index (κ1) is 24.1. The van der Waals surface area contributed by atoms with Crippen LogP contribution in [0.3, 0.4) is 0 Å².